The smallest absolute Gasteiger partial charge is 0.0654 e. The van der Waals surface area contributed by atoms with Crippen molar-refractivity contribution >= 4 is 55.4 Å². The molecule has 0 bridgehead atoms. The summed E-state index contributed by atoms with van der Waals surface area (Å²) in [5.74, 6) is -5.44. The minimum Gasteiger partial charge on any atom is -0.0654 e. The zero-order valence-corrected chi connectivity index (χ0v) is 42.8. The van der Waals surface area contributed by atoms with E-state index >= 15 is 0 Å². The van der Waals surface area contributed by atoms with Gasteiger partial charge in [-0.2, -0.15) is 0 Å². The Morgan fingerprint density at radius 1 is 0.286 bits per heavy atom. The number of unbranched alkanes of at least 4 members (excludes halogenated alkanes) is 26. The van der Waals surface area contributed by atoms with Crippen LogP contribution in [0.2, 0.25) is 4.44 Å². The molecule has 0 amide bonds. The molecule has 0 unspecified atom stereocenters. The second-order valence-corrected chi connectivity index (χ2v) is 23.5. The van der Waals surface area contributed by atoms with Crippen molar-refractivity contribution in [3.8, 4) is 0 Å². The molecule has 0 aromatic heterocycles. The van der Waals surface area contributed by atoms with Crippen molar-refractivity contribution in [2.75, 3.05) is 19.8 Å². The summed E-state index contributed by atoms with van der Waals surface area (Å²) < 4.78 is 32.9. The molecule has 0 saturated carbocycles. The zero-order chi connectivity index (χ0) is 46.5. The van der Waals surface area contributed by atoms with E-state index in [2.05, 4.69) is 27.7 Å². The van der Waals surface area contributed by atoms with Gasteiger partial charge >= 0.3 is 310 Å². The quantitative estimate of drug-likeness (QED) is 0.0187. The molecule has 0 aromatic carbocycles. The summed E-state index contributed by atoms with van der Waals surface area (Å²) in [6.45, 7) is 9.24. The van der Waals surface area contributed by atoms with E-state index in [1.807, 2.05) is 0 Å². The number of ether oxygens (including phenoxy) is 3. The van der Waals surface area contributed by atoms with Crippen LogP contribution in [-0.2, 0) is 52.2 Å². The maximum absolute atomic E-state index is 13.2. The van der Waals surface area contributed by atoms with Gasteiger partial charge in [-0.3, -0.25) is 0 Å². The maximum atomic E-state index is 13.2. The molecule has 0 aliphatic carbocycles. The monoisotopic (exact) mass is 999 g/mol. The Balaban J connectivity index is 5.76. The molecule has 0 aliphatic heterocycles. The van der Waals surface area contributed by atoms with Crippen LogP contribution in [0.15, 0.2) is 36.5 Å². The Kier molecular flexibility index (Phi) is 41.8. The van der Waals surface area contributed by atoms with Crippen LogP contribution in [0.1, 0.15) is 220 Å². The Labute approximate surface area is 386 Å². The minimum atomic E-state index is -5.60. The van der Waals surface area contributed by atoms with E-state index in [0.717, 1.165) is 120 Å². The third kappa shape index (κ3) is 40.1. The van der Waals surface area contributed by atoms with Crippen LogP contribution in [0.5, 0.6) is 0 Å². The van der Waals surface area contributed by atoms with Crippen LogP contribution >= 0.6 is 0 Å². The average molecular weight is 998 g/mol. The fraction of sp³-hybridized carbons (Fsp3) is 0.760. The molecule has 63 heavy (non-hydrogen) atoms. The number of esters is 3. The number of carbonyl (C=O) groups is 6. The van der Waals surface area contributed by atoms with E-state index in [-0.39, 0.29) is 24.3 Å². The molecular formula is C50H86O12Sn. The van der Waals surface area contributed by atoms with Crippen molar-refractivity contribution in [3.63, 3.8) is 0 Å². The summed E-state index contributed by atoms with van der Waals surface area (Å²) in [6, 6.07) is 0. The van der Waals surface area contributed by atoms with Gasteiger partial charge in [-0.25, -0.2) is 0 Å². The Morgan fingerprint density at radius 2 is 0.492 bits per heavy atom. The number of carbonyl (C=O) groups excluding carboxylic acids is 6. The first-order valence-electron chi connectivity index (χ1n) is 24.8. The minimum absolute atomic E-state index is 0.0613. The standard InChI is InChI=1S/3C14H24O4.C8H17.Sn/c3*1-2-3-4-5-6-7-8-9-12-18-14(17)11-10-13(15)16;1-3-5-7-8-6-4-2;/h3*10-11H,2-9,12H2,1H3,(H,15,16);1,3-8H2,2H3;/q;;;;+3/p-3/b3*11-10-;;. The van der Waals surface area contributed by atoms with Crippen LogP contribution in [0.4, 0.5) is 0 Å². The van der Waals surface area contributed by atoms with E-state index in [1.54, 1.807) is 0 Å². The van der Waals surface area contributed by atoms with Crippen LogP contribution in [0, 0.1) is 0 Å². The van der Waals surface area contributed by atoms with Gasteiger partial charge in [-0.05, 0) is 0 Å². The van der Waals surface area contributed by atoms with E-state index < -0.39 is 55.4 Å². The van der Waals surface area contributed by atoms with E-state index in [0.29, 0.717) is 32.1 Å². The fourth-order valence-electron chi connectivity index (χ4n) is 6.68. The van der Waals surface area contributed by atoms with E-state index in [9.17, 15) is 28.8 Å². The van der Waals surface area contributed by atoms with Crippen LogP contribution in [0.25, 0.3) is 0 Å². The van der Waals surface area contributed by atoms with Crippen molar-refractivity contribution in [3.05, 3.63) is 36.5 Å². The summed E-state index contributed by atoms with van der Waals surface area (Å²) >= 11 is -5.60. The first kappa shape index (κ1) is 59.8. The van der Waals surface area contributed by atoms with E-state index in [1.165, 1.54) is 77.0 Å². The molecule has 13 heteroatoms. The Hall–Kier alpha value is -3.16. The molecule has 0 spiro atoms. The van der Waals surface area contributed by atoms with Gasteiger partial charge in [0.15, 0.2) is 0 Å². The molecule has 0 fully saturated rings. The first-order chi connectivity index (χ1) is 30.6. The second-order valence-electron chi connectivity index (χ2n) is 16.4. The molecule has 12 nitrogen and oxygen atoms in total. The van der Waals surface area contributed by atoms with Crippen molar-refractivity contribution in [1.82, 2.24) is 0 Å². The van der Waals surface area contributed by atoms with Crippen molar-refractivity contribution in [1.29, 1.82) is 0 Å². The van der Waals surface area contributed by atoms with Crippen LogP contribution in [-0.4, -0.2) is 75.3 Å². The molecule has 0 N–H and O–H groups in total. The summed E-state index contributed by atoms with van der Waals surface area (Å²) in [5, 5.41) is 0. The van der Waals surface area contributed by atoms with Gasteiger partial charge in [0.1, 0.15) is 0 Å². The average Bonchev–Trinajstić information content (AvgIpc) is 3.26. The van der Waals surface area contributed by atoms with Gasteiger partial charge in [0.05, 0.1) is 0 Å². The molecule has 362 valence electrons. The van der Waals surface area contributed by atoms with Crippen LogP contribution in [0.3, 0.4) is 0 Å². The normalized spacial score (nSPS) is 11.6. The number of hydrogen-bond donors (Lipinski definition) is 0. The Morgan fingerprint density at radius 3 is 0.746 bits per heavy atom. The van der Waals surface area contributed by atoms with Crippen molar-refractivity contribution in [2.24, 2.45) is 0 Å². The van der Waals surface area contributed by atoms with Gasteiger partial charge < -0.3 is 0 Å². The van der Waals surface area contributed by atoms with E-state index in [4.69, 9.17) is 23.4 Å². The second kappa shape index (κ2) is 44.1. The summed E-state index contributed by atoms with van der Waals surface area (Å²) in [4.78, 5) is 77.1. The predicted molar refractivity (Wildman–Crippen MR) is 250 cm³/mol. The van der Waals surface area contributed by atoms with Gasteiger partial charge in [0.25, 0.3) is 0 Å². The van der Waals surface area contributed by atoms with Crippen molar-refractivity contribution < 1.29 is 52.2 Å². The SMILES string of the molecule is CCCCCCCCCCOC(=O)/C=C\C(=O)[O][Sn]([CH2]CCCCCCC)([O]C(=O)/C=C\C(=O)OCCCCCCCCCC)[O]C(=O)/C=C\C(=O)OCCCCCCCCCC. The van der Waals surface area contributed by atoms with Gasteiger partial charge in [-0.15, -0.1) is 0 Å². The summed E-state index contributed by atoms with van der Waals surface area (Å²) in [6.07, 6.45) is 36.3. The predicted octanol–water partition coefficient (Wildman–Crippen LogP) is 12.6. The molecule has 0 saturated heterocycles. The number of hydrogen-bond acceptors (Lipinski definition) is 12. The molecule has 0 atom stereocenters. The van der Waals surface area contributed by atoms with Gasteiger partial charge in [0, 0.05) is 0 Å². The molecule has 0 rings (SSSR count). The Bertz CT molecular complexity index is 1150. The van der Waals surface area contributed by atoms with Gasteiger partial charge in [-0.1, -0.05) is 78.6 Å². The van der Waals surface area contributed by atoms with Crippen molar-refractivity contribution in [2.45, 2.75) is 225 Å². The summed E-state index contributed by atoms with van der Waals surface area (Å²) in [7, 11) is 0. The third-order valence-corrected chi connectivity index (χ3v) is 17.5. The topological polar surface area (TPSA) is 158 Å². The molecule has 0 heterocycles. The molecular weight excluding hydrogens is 911 g/mol. The fourth-order valence-corrected chi connectivity index (χ4v) is 13.1. The zero-order valence-electron chi connectivity index (χ0n) is 39.9. The third-order valence-electron chi connectivity index (χ3n) is 10.4. The first-order valence-corrected chi connectivity index (χ1v) is 30.4. The number of rotatable bonds is 43. The van der Waals surface area contributed by atoms with Gasteiger partial charge in [0.2, 0.25) is 0 Å². The summed E-state index contributed by atoms with van der Waals surface area (Å²) in [5.41, 5.74) is 0. The molecule has 0 aliphatic rings. The molecule has 0 aromatic rings. The van der Waals surface area contributed by atoms with Crippen LogP contribution < -0.4 is 0 Å². The molecule has 0 radical (unpaired) electrons.